The Hall–Kier alpha value is -0.840. The van der Waals surface area contributed by atoms with E-state index in [4.69, 9.17) is 5.73 Å². The summed E-state index contributed by atoms with van der Waals surface area (Å²) in [5, 5.41) is 3.30. The number of rotatable bonds is 4. The number of nitrogens with one attached hydrogen (secondary N) is 1. The second-order valence-corrected chi connectivity index (χ2v) is 4.97. The second kappa shape index (κ2) is 4.35. The maximum atomic E-state index is 5.52. The number of halogens is 1. The van der Waals surface area contributed by atoms with Gasteiger partial charge < -0.3 is 11.1 Å². The lowest BCUT2D eigenvalue weighted by Gasteiger charge is -2.12. The lowest BCUT2D eigenvalue weighted by Crippen LogP contribution is -2.14. The van der Waals surface area contributed by atoms with Crippen LogP contribution in [-0.2, 0) is 0 Å². The van der Waals surface area contributed by atoms with Crippen LogP contribution in [0.25, 0.3) is 0 Å². The van der Waals surface area contributed by atoms with Gasteiger partial charge in [0.2, 0.25) is 5.95 Å². The van der Waals surface area contributed by atoms with Crippen molar-refractivity contribution >= 4 is 27.7 Å². The molecule has 1 unspecified atom stereocenters. The van der Waals surface area contributed by atoms with E-state index in [0.29, 0.717) is 11.9 Å². The Kier molecular flexibility index (Phi) is 3.09. The molecule has 1 aliphatic rings. The third-order valence-corrected chi connectivity index (χ3v) is 3.36. The average Bonchev–Trinajstić information content (AvgIpc) is 3.02. The summed E-state index contributed by atoms with van der Waals surface area (Å²) in [7, 11) is 0. The van der Waals surface area contributed by atoms with Crippen LogP contribution in [0.15, 0.2) is 10.7 Å². The first-order valence-corrected chi connectivity index (χ1v) is 5.98. The van der Waals surface area contributed by atoms with Crippen molar-refractivity contribution in [2.24, 2.45) is 11.8 Å². The van der Waals surface area contributed by atoms with Crippen LogP contribution in [0.3, 0.4) is 0 Å². The highest BCUT2D eigenvalue weighted by Gasteiger charge is 2.27. The molecule has 0 spiro atoms. The second-order valence-electron chi connectivity index (χ2n) is 4.12. The molecular weight excluding hydrogens is 256 g/mol. The molecule has 1 aliphatic carbocycles. The van der Waals surface area contributed by atoms with Crippen LogP contribution in [0, 0.1) is 11.8 Å². The normalized spacial score (nSPS) is 17.5. The summed E-state index contributed by atoms with van der Waals surface area (Å²) in [6.45, 7) is 3.21. The first kappa shape index (κ1) is 10.7. The van der Waals surface area contributed by atoms with Gasteiger partial charge >= 0.3 is 0 Å². The Morgan fingerprint density at radius 2 is 2.40 bits per heavy atom. The molecule has 0 aliphatic heterocycles. The van der Waals surface area contributed by atoms with Crippen LogP contribution >= 0.6 is 15.9 Å². The fourth-order valence-electron chi connectivity index (χ4n) is 1.59. The van der Waals surface area contributed by atoms with E-state index in [0.717, 1.165) is 22.8 Å². The van der Waals surface area contributed by atoms with E-state index in [1.807, 2.05) is 0 Å². The molecule has 1 heterocycles. The fraction of sp³-hybridized carbons (Fsp3) is 0.600. The monoisotopic (exact) mass is 270 g/mol. The van der Waals surface area contributed by atoms with Gasteiger partial charge in [-0.2, -0.15) is 4.98 Å². The van der Waals surface area contributed by atoms with E-state index in [1.54, 1.807) is 6.20 Å². The molecule has 1 fully saturated rings. The molecule has 2 rings (SSSR count). The van der Waals surface area contributed by atoms with Crippen LogP contribution in [0.1, 0.15) is 19.8 Å². The fourth-order valence-corrected chi connectivity index (χ4v) is 1.93. The summed E-state index contributed by atoms with van der Waals surface area (Å²) in [6.07, 6.45) is 4.41. The summed E-state index contributed by atoms with van der Waals surface area (Å²) in [5.74, 6) is 2.69. The van der Waals surface area contributed by atoms with Crippen LogP contribution in [0.5, 0.6) is 0 Å². The Bertz CT molecular complexity index is 351. The third kappa shape index (κ3) is 2.81. The maximum Gasteiger partial charge on any atom is 0.221 e. The largest absolute Gasteiger partial charge is 0.369 e. The Labute approximate surface area is 97.8 Å². The highest BCUT2D eigenvalue weighted by atomic mass is 79.9. The molecule has 0 bridgehead atoms. The summed E-state index contributed by atoms with van der Waals surface area (Å²) in [5.41, 5.74) is 5.52. The van der Waals surface area contributed by atoms with Gasteiger partial charge in [0.05, 0.1) is 4.47 Å². The molecule has 15 heavy (non-hydrogen) atoms. The molecule has 1 saturated carbocycles. The average molecular weight is 271 g/mol. The molecule has 82 valence electrons. The zero-order valence-corrected chi connectivity index (χ0v) is 10.3. The van der Waals surface area contributed by atoms with Gasteiger partial charge in [-0.15, -0.1) is 0 Å². The molecule has 3 N–H and O–H groups in total. The van der Waals surface area contributed by atoms with Gasteiger partial charge in [0.15, 0.2) is 0 Å². The van der Waals surface area contributed by atoms with Gasteiger partial charge in [-0.05, 0) is 40.6 Å². The molecule has 1 aromatic heterocycles. The number of hydrogen-bond donors (Lipinski definition) is 2. The van der Waals surface area contributed by atoms with Crippen molar-refractivity contribution in [1.29, 1.82) is 0 Å². The van der Waals surface area contributed by atoms with Gasteiger partial charge in [0.25, 0.3) is 0 Å². The Morgan fingerprint density at radius 1 is 1.67 bits per heavy atom. The Balaban J connectivity index is 1.94. The SMILES string of the molecule is CC(CNc1nc(N)ncc1Br)C1CC1. The number of nitrogens with two attached hydrogens (primary N) is 1. The van der Waals surface area contributed by atoms with E-state index in [2.05, 4.69) is 38.1 Å². The summed E-state index contributed by atoms with van der Waals surface area (Å²) in [6, 6.07) is 0. The first-order valence-electron chi connectivity index (χ1n) is 5.18. The summed E-state index contributed by atoms with van der Waals surface area (Å²) < 4.78 is 0.861. The molecule has 0 radical (unpaired) electrons. The maximum absolute atomic E-state index is 5.52. The lowest BCUT2D eigenvalue weighted by molar-refractivity contribution is 0.536. The number of anilines is 2. The van der Waals surface area contributed by atoms with Crippen molar-refractivity contribution in [3.05, 3.63) is 10.7 Å². The van der Waals surface area contributed by atoms with Crippen LogP contribution in [0.2, 0.25) is 0 Å². The first-order chi connectivity index (χ1) is 7.16. The lowest BCUT2D eigenvalue weighted by atomic mass is 10.1. The zero-order valence-electron chi connectivity index (χ0n) is 8.70. The molecule has 4 nitrogen and oxygen atoms in total. The summed E-state index contributed by atoms with van der Waals surface area (Å²) >= 11 is 3.39. The van der Waals surface area contributed by atoms with Crippen molar-refractivity contribution in [2.45, 2.75) is 19.8 Å². The van der Waals surface area contributed by atoms with Crippen molar-refractivity contribution in [1.82, 2.24) is 9.97 Å². The van der Waals surface area contributed by atoms with Crippen molar-refractivity contribution < 1.29 is 0 Å². The van der Waals surface area contributed by atoms with Crippen molar-refractivity contribution in [3.8, 4) is 0 Å². The number of nitrogen functional groups attached to an aromatic ring is 1. The van der Waals surface area contributed by atoms with Crippen LogP contribution in [-0.4, -0.2) is 16.5 Å². The van der Waals surface area contributed by atoms with E-state index in [-0.39, 0.29) is 0 Å². The smallest absolute Gasteiger partial charge is 0.221 e. The zero-order chi connectivity index (χ0) is 10.8. The van der Waals surface area contributed by atoms with Crippen molar-refractivity contribution in [3.63, 3.8) is 0 Å². The van der Waals surface area contributed by atoms with Gasteiger partial charge in [-0.1, -0.05) is 6.92 Å². The standard InChI is InChI=1S/C10H15BrN4/c1-6(7-2-3-7)4-13-9-8(11)5-14-10(12)15-9/h5-7H,2-4H2,1H3,(H3,12,13,14,15). The predicted molar refractivity (Wildman–Crippen MR) is 64.5 cm³/mol. The Morgan fingerprint density at radius 3 is 3.07 bits per heavy atom. The van der Waals surface area contributed by atoms with E-state index < -0.39 is 0 Å². The molecule has 0 aromatic carbocycles. The van der Waals surface area contributed by atoms with E-state index >= 15 is 0 Å². The summed E-state index contributed by atoms with van der Waals surface area (Å²) in [4.78, 5) is 8.03. The molecule has 0 saturated heterocycles. The minimum Gasteiger partial charge on any atom is -0.369 e. The molecule has 1 atom stereocenters. The number of nitrogens with zero attached hydrogens (tertiary/aromatic N) is 2. The van der Waals surface area contributed by atoms with Gasteiger partial charge in [-0.25, -0.2) is 4.98 Å². The highest BCUT2D eigenvalue weighted by molar-refractivity contribution is 9.10. The molecular formula is C10H15BrN4. The van der Waals surface area contributed by atoms with E-state index in [9.17, 15) is 0 Å². The van der Waals surface area contributed by atoms with Crippen molar-refractivity contribution in [2.75, 3.05) is 17.6 Å². The predicted octanol–water partition coefficient (Wildman–Crippen LogP) is 2.28. The van der Waals surface area contributed by atoms with Gasteiger partial charge in [-0.3, -0.25) is 0 Å². The molecule has 1 aromatic rings. The molecule has 5 heteroatoms. The highest BCUT2D eigenvalue weighted by Crippen LogP contribution is 2.36. The van der Waals surface area contributed by atoms with Crippen LogP contribution in [0.4, 0.5) is 11.8 Å². The van der Waals surface area contributed by atoms with Crippen LogP contribution < -0.4 is 11.1 Å². The third-order valence-electron chi connectivity index (χ3n) is 2.78. The number of aromatic nitrogens is 2. The quantitative estimate of drug-likeness (QED) is 0.881. The minimum absolute atomic E-state index is 0.305. The topological polar surface area (TPSA) is 63.8 Å². The van der Waals surface area contributed by atoms with E-state index in [1.165, 1.54) is 12.8 Å². The minimum atomic E-state index is 0.305. The van der Waals surface area contributed by atoms with Gasteiger partial charge in [0, 0.05) is 12.7 Å². The van der Waals surface area contributed by atoms with Gasteiger partial charge in [0.1, 0.15) is 5.82 Å². The number of hydrogen-bond acceptors (Lipinski definition) is 4. The molecule has 0 amide bonds.